The summed E-state index contributed by atoms with van der Waals surface area (Å²) in [6, 6.07) is -0.159. The maximum absolute atomic E-state index is 11.5. The molecule has 1 aliphatic heterocycles. The lowest BCUT2D eigenvalue weighted by Gasteiger charge is -2.33. The van der Waals surface area contributed by atoms with Crippen LogP contribution in [0.3, 0.4) is 0 Å². The molecule has 0 bridgehead atoms. The number of methoxy groups -OCH3 is 1. The van der Waals surface area contributed by atoms with Crippen molar-refractivity contribution in [1.82, 2.24) is 15.0 Å². The van der Waals surface area contributed by atoms with Crippen molar-refractivity contribution in [2.45, 2.75) is 25.3 Å². The van der Waals surface area contributed by atoms with Crippen LogP contribution in [-0.2, 0) is 4.79 Å². The van der Waals surface area contributed by atoms with Crippen LogP contribution in [-0.4, -0.2) is 47.6 Å². The number of hydrogen-bond acceptors (Lipinski definition) is 7. The number of primary amides is 1. The van der Waals surface area contributed by atoms with Gasteiger partial charge < -0.3 is 20.7 Å². The zero-order chi connectivity index (χ0) is 13.8. The van der Waals surface area contributed by atoms with Gasteiger partial charge in [-0.05, 0) is 19.3 Å². The monoisotopic (exact) mass is 266 g/mol. The molecule has 1 unspecified atom stereocenters. The van der Waals surface area contributed by atoms with Crippen LogP contribution in [0.1, 0.15) is 19.3 Å². The van der Waals surface area contributed by atoms with Gasteiger partial charge >= 0.3 is 6.01 Å². The quantitative estimate of drug-likeness (QED) is 0.775. The molecule has 8 nitrogen and oxygen atoms in total. The Morgan fingerprint density at radius 2 is 2.21 bits per heavy atom. The average molecular weight is 266 g/mol. The fourth-order valence-electron chi connectivity index (χ4n) is 2.14. The maximum atomic E-state index is 11.5. The average Bonchev–Trinajstić information content (AvgIpc) is 2.46. The maximum Gasteiger partial charge on any atom is 0.322 e. The van der Waals surface area contributed by atoms with Crippen LogP contribution in [0.4, 0.5) is 11.9 Å². The molecular weight excluding hydrogens is 248 g/mol. The van der Waals surface area contributed by atoms with Gasteiger partial charge in [0, 0.05) is 13.6 Å². The third-order valence-corrected chi connectivity index (χ3v) is 3.10. The van der Waals surface area contributed by atoms with E-state index in [-0.39, 0.29) is 18.0 Å². The summed E-state index contributed by atoms with van der Waals surface area (Å²) in [5.74, 6) is 0.459. The van der Waals surface area contributed by atoms with Crippen LogP contribution in [0.25, 0.3) is 0 Å². The smallest absolute Gasteiger partial charge is 0.322 e. The number of hydrogen-bond donors (Lipinski definition) is 2. The summed E-state index contributed by atoms with van der Waals surface area (Å²) in [6.45, 7) is 0.698. The van der Waals surface area contributed by atoms with Gasteiger partial charge in [-0.25, -0.2) is 0 Å². The van der Waals surface area contributed by atoms with Gasteiger partial charge in [0.05, 0.1) is 7.11 Å². The van der Waals surface area contributed by atoms with Gasteiger partial charge in [-0.15, -0.1) is 0 Å². The summed E-state index contributed by atoms with van der Waals surface area (Å²) in [5.41, 5.74) is 5.44. The van der Waals surface area contributed by atoms with E-state index in [4.69, 9.17) is 10.5 Å². The molecule has 3 N–H and O–H groups in total. The highest BCUT2D eigenvalue weighted by molar-refractivity contribution is 5.83. The molecule has 8 heteroatoms. The molecule has 1 amide bonds. The van der Waals surface area contributed by atoms with E-state index < -0.39 is 0 Å². The largest absolute Gasteiger partial charge is 0.467 e. The lowest BCUT2D eigenvalue weighted by Crippen LogP contribution is -2.48. The van der Waals surface area contributed by atoms with Gasteiger partial charge in [0.15, 0.2) is 0 Å². The Bertz CT molecular complexity index is 444. The van der Waals surface area contributed by atoms with Crippen LogP contribution in [0.5, 0.6) is 6.01 Å². The number of anilines is 2. The fraction of sp³-hybridized carbons (Fsp3) is 0.636. The number of aromatic nitrogens is 3. The molecule has 2 heterocycles. The number of piperidine rings is 1. The zero-order valence-corrected chi connectivity index (χ0v) is 11.1. The Hall–Kier alpha value is -2.12. The van der Waals surface area contributed by atoms with Gasteiger partial charge in [-0.3, -0.25) is 4.79 Å². The molecule has 0 saturated carbocycles. The first-order valence-electron chi connectivity index (χ1n) is 6.19. The highest BCUT2D eigenvalue weighted by Crippen LogP contribution is 2.23. The first-order valence-corrected chi connectivity index (χ1v) is 6.19. The van der Waals surface area contributed by atoms with Gasteiger partial charge in [-0.1, -0.05) is 0 Å². The minimum absolute atomic E-state index is 0.211. The molecule has 1 aliphatic rings. The van der Waals surface area contributed by atoms with Crippen LogP contribution < -0.4 is 20.7 Å². The summed E-state index contributed by atoms with van der Waals surface area (Å²) >= 11 is 0. The SMILES string of the molecule is CNc1nc(OC)nc(N2CCCCC2C(N)=O)n1. The number of amides is 1. The summed E-state index contributed by atoms with van der Waals surface area (Å²) in [7, 11) is 3.20. The molecule has 0 radical (unpaired) electrons. The predicted octanol–water partition coefficient (Wildman–Crippen LogP) is -0.234. The number of nitrogens with zero attached hydrogens (tertiary/aromatic N) is 4. The Balaban J connectivity index is 2.35. The Morgan fingerprint density at radius 1 is 1.42 bits per heavy atom. The molecule has 104 valence electrons. The molecule has 1 atom stereocenters. The number of nitrogens with two attached hydrogens (primary N) is 1. The van der Waals surface area contributed by atoms with E-state index in [0.717, 1.165) is 19.3 Å². The van der Waals surface area contributed by atoms with Crippen molar-refractivity contribution >= 4 is 17.8 Å². The van der Waals surface area contributed by atoms with E-state index in [2.05, 4.69) is 20.3 Å². The standard InChI is InChI=1S/C11H18N6O2/c1-13-9-14-10(16-11(15-9)19-2)17-6-4-3-5-7(17)8(12)18/h7H,3-6H2,1-2H3,(H2,12,18)(H,13,14,15,16). The Morgan fingerprint density at radius 3 is 2.84 bits per heavy atom. The second-order valence-electron chi connectivity index (χ2n) is 4.30. The van der Waals surface area contributed by atoms with E-state index in [0.29, 0.717) is 18.4 Å². The molecule has 0 aromatic carbocycles. The summed E-state index contributed by atoms with van der Waals surface area (Å²) < 4.78 is 5.04. The van der Waals surface area contributed by atoms with Crippen LogP contribution >= 0.6 is 0 Å². The zero-order valence-electron chi connectivity index (χ0n) is 11.1. The number of carbonyl (C=O) groups excluding carboxylic acids is 1. The van der Waals surface area contributed by atoms with Crippen molar-refractivity contribution < 1.29 is 9.53 Å². The second kappa shape index (κ2) is 5.68. The topological polar surface area (TPSA) is 106 Å². The number of nitrogens with one attached hydrogen (secondary N) is 1. The highest BCUT2D eigenvalue weighted by Gasteiger charge is 2.29. The second-order valence-corrected chi connectivity index (χ2v) is 4.30. The first-order chi connectivity index (χ1) is 9.15. The molecule has 0 aliphatic carbocycles. The van der Waals surface area contributed by atoms with E-state index in [1.807, 2.05) is 4.90 Å². The lowest BCUT2D eigenvalue weighted by atomic mass is 10.0. The van der Waals surface area contributed by atoms with Crippen LogP contribution in [0.15, 0.2) is 0 Å². The van der Waals surface area contributed by atoms with Crippen molar-refractivity contribution in [3.05, 3.63) is 0 Å². The van der Waals surface area contributed by atoms with Crippen molar-refractivity contribution in [3.63, 3.8) is 0 Å². The predicted molar refractivity (Wildman–Crippen MR) is 70.1 cm³/mol. The van der Waals surface area contributed by atoms with Gasteiger partial charge in [0.2, 0.25) is 17.8 Å². The summed E-state index contributed by atoms with van der Waals surface area (Å²) in [5, 5.41) is 2.84. The summed E-state index contributed by atoms with van der Waals surface area (Å²) in [6.07, 6.45) is 2.68. The molecule has 0 spiro atoms. The molecule has 1 saturated heterocycles. The first kappa shape index (κ1) is 13.3. The van der Waals surface area contributed by atoms with E-state index in [1.54, 1.807) is 7.05 Å². The molecular formula is C11H18N6O2. The lowest BCUT2D eigenvalue weighted by molar-refractivity contribution is -0.119. The third-order valence-electron chi connectivity index (χ3n) is 3.10. The molecule has 19 heavy (non-hydrogen) atoms. The number of carbonyl (C=O) groups is 1. The van der Waals surface area contributed by atoms with E-state index in [9.17, 15) is 4.79 Å². The molecule has 1 aromatic rings. The molecule has 2 rings (SSSR count). The Labute approximate surface area is 111 Å². The van der Waals surface area contributed by atoms with Crippen LogP contribution in [0, 0.1) is 0 Å². The van der Waals surface area contributed by atoms with Gasteiger partial charge in [0.1, 0.15) is 6.04 Å². The highest BCUT2D eigenvalue weighted by atomic mass is 16.5. The number of ether oxygens (including phenoxy) is 1. The molecule has 1 fully saturated rings. The fourth-order valence-corrected chi connectivity index (χ4v) is 2.14. The van der Waals surface area contributed by atoms with Crippen molar-refractivity contribution in [2.24, 2.45) is 5.73 Å². The van der Waals surface area contributed by atoms with Crippen molar-refractivity contribution in [1.29, 1.82) is 0 Å². The van der Waals surface area contributed by atoms with Crippen LogP contribution in [0.2, 0.25) is 0 Å². The summed E-state index contributed by atoms with van der Waals surface area (Å²) in [4.78, 5) is 25.8. The third kappa shape index (κ3) is 2.83. The normalized spacial score (nSPS) is 19.1. The van der Waals surface area contributed by atoms with Crippen molar-refractivity contribution in [2.75, 3.05) is 30.9 Å². The van der Waals surface area contributed by atoms with Gasteiger partial charge in [0.25, 0.3) is 0 Å². The molecule has 1 aromatic heterocycles. The van der Waals surface area contributed by atoms with E-state index in [1.165, 1.54) is 7.11 Å². The van der Waals surface area contributed by atoms with Gasteiger partial charge in [-0.2, -0.15) is 15.0 Å². The number of rotatable bonds is 4. The Kier molecular flexibility index (Phi) is 3.98. The van der Waals surface area contributed by atoms with E-state index >= 15 is 0 Å². The minimum Gasteiger partial charge on any atom is -0.467 e. The minimum atomic E-state index is -0.370. The van der Waals surface area contributed by atoms with Crippen molar-refractivity contribution in [3.8, 4) is 6.01 Å².